The van der Waals surface area contributed by atoms with Crippen LogP contribution in [0.4, 0.5) is 5.82 Å². The Kier molecular flexibility index (Phi) is 5.13. The molecule has 2 rings (SSSR count). The number of hydrogen-bond donors (Lipinski definition) is 1. The summed E-state index contributed by atoms with van der Waals surface area (Å²) in [6.07, 6.45) is 2.22. The van der Waals surface area contributed by atoms with Gasteiger partial charge in [0, 0.05) is 19.3 Å². The lowest BCUT2D eigenvalue weighted by atomic mass is 10.0. The van der Waals surface area contributed by atoms with Crippen molar-refractivity contribution < 1.29 is 5.11 Å². The maximum atomic E-state index is 10.4. The molecule has 0 spiro atoms. The maximum Gasteiger partial charge on any atom is 0.128 e. The summed E-state index contributed by atoms with van der Waals surface area (Å²) in [6, 6.07) is 15.7. The van der Waals surface area contributed by atoms with Gasteiger partial charge in [0.1, 0.15) is 11.9 Å². The van der Waals surface area contributed by atoms with Gasteiger partial charge in [-0.25, -0.2) is 4.98 Å². The highest BCUT2D eigenvalue weighted by Gasteiger charge is 2.23. The second kappa shape index (κ2) is 7.06. The highest BCUT2D eigenvalue weighted by atomic mass is 16.3. The van der Waals surface area contributed by atoms with E-state index in [1.165, 1.54) is 0 Å². The van der Waals surface area contributed by atoms with E-state index in [1.54, 1.807) is 12.3 Å². The number of nitrogens with zero attached hydrogens (tertiary/aromatic N) is 3. The zero-order valence-electron chi connectivity index (χ0n) is 13.0. The van der Waals surface area contributed by atoms with Gasteiger partial charge in [0.05, 0.1) is 11.2 Å². The van der Waals surface area contributed by atoms with Gasteiger partial charge in [-0.1, -0.05) is 37.3 Å². The summed E-state index contributed by atoms with van der Waals surface area (Å²) in [5.74, 6) is 0.761. The van der Waals surface area contributed by atoms with E-state index in [2.05, 4.69) is 23.2 Å². The van der Waals surface area contributed by atoms with E-state index in [0.29, 0.717) is 25.1 Å². The Bertz CT molecular complexity index is 630. The Morgan fingerprint density at radius 2 is 1.95 bits per heavy atom. The minimum atomic E-state index is -0.787. The number of anilines is 1. The molecule has 0 aliphatic carbocycles. The number of rotatable bonds is 6. The van der Waals surface area contributed by atoms with Crippen LogP contribution in [0.2, 0.25) is 0 Å². The van der Waals surface area contributed by atoms with Gasteiger partial charge in [-0.3, -0.25) is 0 Å². The third-order valence-corrected chi connectivity index (χ3v) is 3.71. The van der Waals surface area contributed by atoms with Crippen molar-refractivity contribution >= 4 is 5.82 Å². The first-order valence-electron chi connectivity index (χ1n) is 7.41. The Balaban J connectivity index is 2.26. The average Bonchev–Trinajstić information content (AvgIpc) is 2.55. The van der Waals surface area contributed by atoms with Gasteiger partial charge in [0.15, 0.2) is 0 Å². The molecule has 4 heteroatoms. The smallest absolute Gasteiger partial charge is 0.128 e. The molecule has 0 amide bonds. The van der Waals surface area contributed by atoms with Crippen molar-refractivity contribution in [1.82, 2.24) is 4.98 Å². The first-order valence-corrected chi connectivity index (χ1v) is 7.41. The molecule has 114 valence electrons. The molecule has 0 radical (unpaired) electrons. The molecule has 0 bridgehead atoms. The van der Waals surface area contributed by atoms with Crippen molar-refractivity contribution in [2.24, 2.45) is 0 Å². The lowest BCUT2D eigenvalue weighted by Crippen LogP contribution is -2.40. The maximum absolute atomic E-state index is 10.4. The third-order valence-electron chi connectivity index (χ3n) is 3.71. The second-order valence-corrected chi connectivity index (χ2v) is 5.71. The summed E-state index contributed by atoms with van der Waals surface area (Å²) in [6.45, 7) is 4.94. The fraction of sp³-hybridized carbons (Fsp3) is 0.333. The van der Waals surface area contributed by atoms with Crippen LogP contribution in [0.3, 0.4) is 0 Å². The number of pyridine rings is 1. The van der Waals surface area contributed by atoms with Crippen LogP contribution >= 0.6 is 0 Å². The number of aromatic nitrogens is 1. The Morgan fingerprint density at radius 1 is 1.23 bits per heavy atom. The van der Waals surface area contributed by atoms with Crippen LogP contribution in [-0.2, 0) is 6.54 Å². The monoisotopic (exact) mass is 295 g/mol. The molecule has 4 nitrogen and oxygen atoms in total. The predicted molar refractivity (Wildman–Crippen MR) is 87.4 cm³/mol. The van der Waals surface area contributed by atoms with Gasteiger partial charge in [0.2, 0.25) is 0 Å². The van der Waals surface area contributed by atoms with E-state index >= 15 is 0 Å². The van der Waals surface area contributed by atoms with Gasteiger partial charge in [0.25, 0.3) is 0 Å². The molecule has 1 heterocycles. The predicted octanol–water partition coefficient (Wildman–Crippen LogP) is 3.12. The van der Waals surface area contributed by atoms with Gasteiger partial charge in [-0.2, -0.15) is 5.26 Å². The summed E-state index contributed by atoms with van der Waals surface area (Å²) >= 11 is 0. The molecule has 0 saturated heterocycles. The van der Waals surface area contributed by atoms with Crippen LogP contribution in [-0.4, -0.2) is 22.2 Å². The SMILES string of the molecule is CCC(C)(O)CN(Cc1ccccc1)c1ccc(C#N)cn1. The molecule has 0 fully saturated rings. The first kappa shape index (κ1) is 16.0. The molecular weight excluding hydrogens is 274 g/mol. The third kappa shape index (κ3) is 4.31. The summed E-state index contributed by atoms with van der Waals surface area (Å²) in [7, 11) is 0. The van der Waals surface area contributed by atoms with Crippen LogP contribution in [0.25, 0.3) is 0 Å². The number of aliphatic hydroxyl groups is 1. The van der Waals surface area contributed by atoms with Crippen LogP contribution in [0.15, 0.2) is 48.7 Å². The molecular formula is C18H21N3O. The van der Waals surface area contributed by atoms with Gasteiger partial charge >= 0.3 is 0 Å². The van der Waals surface area contributed by atoms with Crippen LogP contribution < -0.4 is 4.90 Å². The van der Waals surface area contributed by atoms with Crippen molar-refractivity contribution in [3.05, 3.63) is 59.8 Å². The second-order valence-electron chi connectivity index (χ2n) is 5.71. The number of hydrogen-bond acceptors (Lipinski definition) is 4. The quantitative estimate of drug-likeness (QED) is 0.889. The van der Waals surface area contributed by atoms with E-state index in [0.717, 1.165) is 11.4 Å². The first-order chi connectivity index (χ1) is 10.5. The summed E-state index contributed by atoms with van der Waals surface area (Å²) < 4.78 is 0. The van der Waals surface area contributed by atoms with Crippen molar-refractivity contribution in [3.63, 3.8) is 0 Å². The van der Waals surface area contributed by atoms with E-state index in [1.807, 2.05) is 43.0 Å². The standard InChI is InChI=1S/C18H21N3O/c1-3-18(2,22)14-21(13-15-7-5-4-6-8-15)17-10-9-16(11-19)12-20-17/h4-10,12,22H,3,13-14H2,1-2H3. The zero-order valence-corrected chi connectivity index (χ0v) is 13.0. The molecule has 22 heavy (non-hydrogen) atoms. The highest BCUT2D eigenvalue weighted by Crippen LogP contribution is 2.20. The fourth-order valence-corrected chi connectivity index (χ4v) is 2.18. The zero-order chi connectivity index (χ0) is 16.0. The minimum Gasteiger partial charge on any atom is -0.388 e. The Labute approximate surface area is 131 Å². The molecule has 1 N–H and O–H groups in total. The van der Waals surface area contributed by atoms with E-state index in [-0.39, 0.29) is 0 Å². The highest BCUT2D eigenvalue weighted by molar-refractivity contribution is 5.43. The van der Waals surface area contributed by atoms with Crippen LogP contribution in [0.5, 0.6) is 0 Å². The molecule has 2 aromatic rings. The van der Waals surface area contributed by atoms with Gasteiger partial charge in [-0.15, -0.1) is 0 Å². The molecule has 1 atom stereocenters. The normalized spacial score (nSPS) is 13.2. The number of benzene rings is 1. The van der Waals surface area contributed by atoms with Crippen molar-refractivity contribution in [2.45, 2.75) is 32.4 Å². The van der Waals surface area contributed by atoms with E-state index in [9.17, 15) is 5.11 Å². The molecule has 0 aliphatic heterocycles. The average molecular weight is 295 g/mol. The lowest BCUT2D eigenvalue weighted by molar-refractivity contribution is 0.0625. The molecule has 1 unspecified atom stereocenters. The lowest BCUT2D eigenvalue weighted by Gasteiger charge is -2.32. The number of nitriles is 1. The van der Waals surface area contributed by atoms with Crippen LogP contribution in [0, 0.1) is 11.3 Å². The van der Waals surface area contributed by atoms with Crippen molar-refractivity contribution in [2.75, 3.05) is 11.4 Å². The molecule has 0 saturated carbocycles. The van der Waals surface area contributed by atoms with Crippen molar-refractivity contribution in [3.8, 4) is 6.07 Å². The topological polar surface area (TPSA) is 60.1 Å². The van der Waals surface area contributed by atoms with Gasteiger partial charge in [-0.05, 0) is 31.0 Å². The van der Waals surface area contributed by atoms with E-state index < -0.39 is 5.60 Å². The fourth-order valence-electron chi connectivity index (χ4n) is 2.18. The molecule has 1 aromatic heterocycles. The Morgan fingerprint density at radius 3 is 2.50 bits per heavy atom. The molecule has 0 aliphatic rings. The van der Waals surface area contributed by atoms with Gasteiger partial charge < -0.3 is 10.0 Å². The minimum absolute atomic E-state index is 0.483. The molecule has 1 aromatic carbocycles. The van der Waals surface area contributed by atoms with Crippen LogP contribution in [0.1, 0.15) is 31.4 Å². The summed E-state index contributed by atoms with van der Waals surface area (Å²) in [5.41, 5.74) is 0.899. The van der Waals surface area contributed by atoms with E-state index in [4.69, 9.17) is 5.26 Å². The summed E-state index contributed by atoms with van der Waals surface area (Å²) in [4.78, 5) is 6.40. The largest absolute Gasteiger partial charge is 0.388 e. The van der Waals surface area contributed by atoms with Crippen molar-refractivity contribution in [1.29, 1.82) is 5.26 Å². The summed E-state index contributed by atoms with van der Waals surface area (Å²) in [5, 5.41) is 19.3. The Hall–Kier alpha value is -2.38.